The summed E-state index contributed by atoms with van der Waals surface area (Å²) >= 11 is 0. The molecule has 0 aliphatic rings. The van der Waals surface area contributed by atoms with Crippen molar-refractivity contribution in [1.82, 2.24) is 0 Å². The molecule has 4 heteroatoms. The van der Waals surface area contributed by atoms with E-state index in [2.05, 4.69) is 70.2 Å². The van der Waals surface area contributed by atoms with Crippen LogP contribution >= 0.6 is 0 Å². The second-order valence-corrected chi connectivity index (χ2v) is 5.12. The van der Waals surface area contributed by atoms with Crippen LogP contribution in [0.2, 0.25) is 0 Å². The van der Waals surface area contributed by atoms with Crippen molar-refractivity contribution in [2.24, 2.45) is 0 Å². The van der Waals surface area contributed by atoms with Crippen LogP contribution in [0.1, 0.15) is 36.1 Å². The topological polar surface area (TPSA) is 0 Å². The molecule has 0 N–H and O–H groups in total. The van der Waals surface area contributed by atoms with Gasteiger partial charge in [0.05, 0.1) is 0 Å². The van der Waals surface area contributed by atoms with Crippen LogP contribution < -0.4 is 37.2 Å². The van der Waals surface area contributed by atoms with Gasteiger partial charge >= 0.3 is 21.7 Å². The maximum atomic E-state index is 2.29. The molecule has 0 nitrogen and oxygen atoms in total. The maximum Gasteiger partial charge on any atom is 4.00 e. The van der Waals surface area contributed by atoms with Gasteiger partial charge in [-0.15, -0.1) is 5.56 Å². The second-order valence-electron chi connectivity index (χ2n) is 5.12. The molecule has 0 unspecified atom stereocenters. The Morgan fingerprint density at radius 3 is 1.85 bits per heavy atom. The van der Waals surface area contributed by atoms with Gasteiger partial charge in [0.25, 0.3) is 0 Å². The minimum atomic E-state index is 0. The largest absolute Gasteiger partial charge is 4.00 e. The Labute approximate surface area is 156 Å². The number of aryl methyl sites for hydroxylation is 2. The van der Waals surface area contributed by atoms with Gasteiger partial charge in [-0.2, -0.15) is 12.1 Å². The summed E-state index contributed by atoms with van der Waals surface area (Å²) < 4.78 is 0. The molecule has 2 aromatic rings. The zero-order valence-corrected chi connectivity index (χ0v) is 16.0. The first-order chi connectivity index (χ1) is 7.51. The third-order valence-corrected chi connectivity index (χ3v) is 3.44. The van der Waals surface area contributed by atoms with Crippen molar-refractivity contribution >= 4 is 0 Å². The summed E-state index contributed by atoms with van der Waals surface area (Å²) in [6.45, 7) is 8.93. The van der Waals surface area contributed by atoms with Gasteiger partial charge in [-0.05, 0) is 30.4 Å². The number of benzene rings is 1. The molecule has 20 heavy (non-hydrogen) atoms. The molecule has 0 heterocycles. The zero-order valence-electron chi connectivity index (χ0n) is 12.2. The van der Waals surface area contributed by atoms with Crippen molar-refractivity contribution in [1.29, 1.82) is 0 Å². The first kappa shape index (κ1) is 25.1. The van der Waals surface area contributed by atoms with Crippen LogP contribution in [0.5, 0.6) is 0 Å². The Morgan fingerprint density at radius 1 is 0.900 bits per heavy atom. The second kappa shape index (κ2) is 9.98. The van der Waals surface area contributed by atoms with E-state index >= 15 is 0 Å². The van der Waals surface area contributed by atoms with E-state index in [4.69, 9.17) is 0 Å². The quantitative estimate of drug-likeness (QED) is 0.371. The van der Waals surface area contributed by atoms with Gasteiger partial charge in [0, 0.05) is 0 Å². The first-order valence-electron chi connectivity index (χ1n) is 5.82. The monoisotopic (exact) mass is 364 g/mol. The molecular weight excluding hydrogens is 346 g/mol. The van der Waals surface area contributed by atoms with E-state index in [0.29, 0.717) is 0 Å². The van der Waals surface area contributed by atoms with Crippen molar-refractivity contribution in [2.45, 2.75) is 33.1 Å². The van der Waals surface area contributed by atoms with E-state index in [-0.39, 0.29) is 64.4 Å². The molecule has 0 radical (unpaired) electrons. The Kier molecular flexibility index (Phi) is 12.5. The summed E-state index contributed by atoms with van der Waals surface area (Å²) in [6.07, 6.45) is 0. The summed E-state index contributed by atoms with van der Waals surface area (Å²) in [5.74, 6) is 0. The van der Waals surface area contributed by atoms with Crippen LogP contribution in [0.25, 0.3) is 0 Å². The molecule has 0 aliphatic heterocycles. The normalized spacial score (nSPS) is 9.40. The van der Waals surface area contributed by atoms with Gasteiger partial charge in [0.1, 0.15) is 0 Å². The van der Waals surface area contributed by atoms with Gasteiger partial charge in [-0.25, -0.2) is 12.1 Å². The molecule has 0 saturated heterocycles. The SMILES string of the molecule is Cc1ccc(C(C)(C)[c-]2cccc2)c(C)c1.[Cl-].[Cl-].[Cl-].[Ti+4]. The zero-order chi connectivity index (χ0) is 11.8. The fraction of sp³-hybridized carbons (Fsp3) is 0.312. The van der Waals surface area contributed by atoms with E-state index in [1.807, 2.05) is 0 Å². The molecule has 2 rings (SSSR count). The molecule has 0 atom stereocenters. The fourth-order valence-corrected chi connectivity index (χ4v) is 2.46. The maximum absolute atomic E-state index is 2.29. The van der Waals surface area contributed by atoms with Gasteiger partial charge in [-0.3, -0.25) is 0 Å². The predicted molar refractivity (Wildman–Crippen MR) is 70.1 cm³/mol. The third kappa shape index (κ3) is 5.17. The van der Waals surface area contributed by atoms with Gasteiger partial charge in [0.15, 0.2) is 0 Å². The minimum absolute atomic E-state index is 0. The number of halogens is 3. The molecule has 0 aliphatic carbocycles. The van der Waals surface area contributed by atoms with Crippen LogP contribution in [-0.4, -0.2) is 0 Å². The average Bonchev–Trinajstić information content (AvgIpc) is 2.69. The van der Waals surface area contributed by atoms with E-state index in [0.717, 1.165) is 0 Å². The van der Waals surface area contributed by atoms with Gasteiger partial charge in [0.2, 0.25) is 0 Å². The Morgan fingerprint density at radius 2 is 1.40 bits per heavy atom. The Bertz CT molecular complexity index is 490. The van der Waals surface area contributed by atoms with Crippen molar-refractivity contribution in [3.8, 4) is 0 Å². The number of hydrogen-bond donors (Lipinski definition) is 0. The Hall–Kier alpha value is 0.154. The molecule has 0 fully saturated rings. The van der Waals surface area contributed by atoms with Crippen LogP contribution in [0.15, 0.2) is 42.5 Å². The van der Waals surface area contributed by atoms with E-state index < -0.39 is 0 Å². The van der Waals surface area contributed by atoms with E-state index in [1.165, 1.54) is 22.3 Å². The summed E-state index contributed by atoms with van der Waals surface area (Å²) in [7, 11) is 0. The van der Waals surface area contributed by atoms with Crippen LogP contribution in [0.4, 0.5) is 0 Å². The molecular formula is C16H19Cl3Ti. The standard InChI is InChI=1S/C16H19.3ClH.Ti/c1-12-9-10-15(13(2)11-12)16(3,4)14-7-5-6-8-14;;;;/h5-11H,1-4H3;3*1H;/q-1;;;;+4/p-3. The third-order valence-electron chi connectivity index (χ3n) is 3.44. The van der Waals surface area contributed by atoms with Crippen molar-refractivity contribution in [2.75, 3.05) is 0 Å². The number of rotatable bonds is 2. The van der Waals surface area contributed by atoms with Crippen molar-refractivity contribution in [3.05, 3.63) is 64.7 Å². The van der Waals surface area contributed by atoms with Crippen LogP contribution in [0.3, 0.4) is 0 Å². The minimum Gasteiger partial charge on any atom is -1.00 e. The summed E-state index contributed by atoms with van der Waals surface area (Å²) in [5.41, 5.74) is 5.62. The molecule has 0 bridgehead atoms. The predicted octanol–water partition coefficient (Wildman–Crippen LogP) is -4.64. The van der Waals surface area contributed by atoms with Crippen LogP contribution in [-0.2, 0) is 27.1 Å². The molecule has 108 valence electrons. The molecule has 0 aromatic heterocycles. The van der Waals surface area contributed by atoms with E-state index in [1.54, 1.807) is 0 Å². The molecule has 0 saturated carbocycles. The van der Waals surface area contributed by atoms with Gasteiger partial charge in [-0.1, -0.05) is 37.6 Å². The molecule has 2 aromatic carbocycles. The number of hydrogen-bond acceptors (Lipinski definition) is 0. The first-order valence-corrected chi connectivity index (χ1v) is 5.82. The van der Waals surface area contributed by atoms with Crippen molar-refractivity contribution in [3.63, 3.8) is 0 Å². The molecule has 0 amide bonds. The Balaban J connectivity index is -0.000000722. The van der Waals surface area contributed by atoms with Gasteiger partial charge < -0.3 is 37.2 Å². The summed E-state index contributed by atoms with van der Waals surface area (Å²) in [6, 6.07) is 15.4. The average molecular weight is 366 g/mol. The summed E-state index contributed by atoms with van der Waals surface area (Å²) in [4.78, 5) is 0. The fourth-order valence-electron chi connectivity index (χ4n) is 2.46. The molecule has 0 spiro atoms. The van der Waals surface area contributed by atoms with E-state index in [9.17, 15) is 0 Å². The smallest absolute Gasteiger partial charge is 1.00 e. The van der Waals surface area contributed by atoms with Crippen molar-refractivity contribution < 1.29 is 58.9 Å². The summed E-state index contributed by atoms with van der Waals surface area (Å²) in [5, 5.41) is 0. The van der Waals surface area contributed by atoms with Crippen LogP contribution in [0, 0.1) is 13.8 Å².